The van der Waals surface area contributed by atoms with Crippen LogP contribution in [0.15, 0.2) is 72.8 Å². The number of fused-ring (bicyclic) bond motifs is 1. The van der Waals surface area contributed by atoms with E-state index in [4.69, 9.17) is 14.2 Å². The minimum absolute atomic E-state index is 0.0493. The zero-order valence-corrected chi connectivity index (χ0v) is 18.6. The van der Waals surface area contributed by atoms with Gasteiger partial charge in [0.05, 0.1) is 5.56 Å². The predicted molar refractivity (Wildman–Crippen MR) is 121 cm³/mol. The van der Waals surface area contributed by atoms with Crippen LogP contribution in [0.1, 0.15) is 27.0 Å². The Kier molecular flexibility index (Phi) is 5.89. The Balaban J connectivity index is 1.50. The number of aliphatic hydroxyl groups is 3. The number of phenols is 1. The molecule has 5 rings (SSSR count). The summed E-state index contributed by atoms with van der Waals surface area (Å²) in [5.74, 6) is -1.82. The molecule has 1 fully saturated rings. The minimum Gasteiger partial charge on any atom is -0.508 e. The Morgan fingerprint density at radius 3 is 2.08 bits per heavy atom. The molecule has 0 amide bonds. The van der Waals surface area contributed by atoms with E-state index < -0.39 is 48.2 Å². The molecule has 0 saturated carbocycles. The van der Waals surface area contributed by atoms with Crippen LogP contribution >= 0.6 is 0 Å². The average Bonchev–Trinajstić information content (AvgIpc) is 3.18. The number of carbonyl (C=O) groups is 2. The van der Waals surface area contributed by atoms with Gasteiger partial charge >= 0.3 is 11.9 Å². The van der Waals surface area contributed by atoms with Gasteiger partial charge in [-0.3, -0.25) is 0 Å². The number of ether oxygens (including phenoxy) is 3. The second-order valence-corrected chi connectivity index (χ2v) is 8.54. The van der Waals surface area contributed by atoms with Gasteiger partial charge in [0.1, 0.15) is 29.8 Å². The van der Waals surface area contributed by atoms with Crippen molar-refractivity contribution in [3.63, 3.8) is 0 Å². The molecule has 0 spiro atoms. The van der Waals surface area contributed by atoms with Crippen molar-refractivity contribution in [2.45, 2.75) is 36.3 Å². The van der Waals surface area contributed by atoms with Gasteiger partial charge in [-0.25, -0.2) is 9.59 Å². The van der Waals surface area contributed by atoms with Crippen molar-refractivity contribution in [2.24, 2.45) is 0 Å². The van der Waals surface area contributed by atoms with Crippen molar-refractivity contribution in [3.05, 3.63) is 95.1 Å². The highest BCUT2D eigenvalue weighted by atomic mass is 16.7. The Hall–Kier alpha value is -3.96. The van der Waals surface area contributed by atoms with Crippen molar-refractivity contribution < 1.29 is 49.3 Å². The molecule has 2 heterocycles. The number of hydrogen-bond acceptors (Lipinski definition) is 9. The topological polar surface area (TPSA) is 163 Å². The van der Waals surface area contributed by atoms with E-state index in [1.165, 1.54) is 24.3 Å². The van der Waals surface area contributed by atoms with E-state index in [9.17, 15) is 35.1 Å². The largest absolute Gasteiger partial charge is 0.508 e. The van der Waals surface area contributed by atoms with Gasteiger partial charge in [0.2, 0.25) is 6.29 Å². The maximum atomic E-state index is 12.8. The molecule has 0 aliphatic carbocycles. The lowest BCUT2D eigenvalue weighted by atomic mass is 9.80. The normalized spacial score (nSPS) is 29.3. The quantitative estimate of drug-likeness (QED) is 0.325. The molecule has 0 unspecified atom stereocenters. The number of phenolic OH excluding ortho intramolecular Hbond substituents is 1. The van der Waals surface area contributed by atoms with Crippen LogP contribution in [0.5, 0.6) is 11.5 Å². The molecule has 3 aromatic carbocycles. The summed E-state index contributed by atoms with van der Waals surface area (Å²) in [6.07, 6.45) is -8.69. The molecule has 2 aliphatic rings. The smallest absolute Gasteiger partial charge is 0.340 e. The average molecular weight is 494 g/mol. The molecule has 0 radical (unpaired) electrons. The van der Waals surface area contributed by atoms with Gasteiger partial charge in [-0.15, -0.1) is 0 Å². The van der Waals surface area contributed by atoms with Crippen LogP contribution in [0.2, 0.25) is 0 Å². The number of hydrogen-bond donors (Lipinski definition) is 5. The van der Waals surface area contributed by atoms with Gasteiger partial charge in [0, 0.05) is 16.7 Å². The van der Waals surface area contributed by atoms with Crippen LogP contribution in [0.25, 0.3) is 0 Å². The second kappa shape index (κ2) is 8.92. The number of cyclic esters (lactones) is 1. The van der Waals surface area contributed by atoms with Gasteiger partial charge in [0.25, 0.3) is 0 Å². The maximum absolute atomic E-state index is 12.8. The predicted octanol–water partition coefficient (Wildman–Crippen LogP) is 1.13. The number of carbonyl (C=O) groups excluding carboxylic acids is 1. The molecule has 10 nitrogen and oxygen atoms in total. The van der Waals surface area contributed by atoms with Gasteiger partial charge in [-0.2, -0.15) is 0 Å². The van der Waals surface area contributed by atoms with Crippen molar-refractivity contribution in [1.29, 1.82) is 0 Å². The van der Waals surface area contributed by atoms with E-state index in [0.717, 1.165) is 0 Å². The first kappa shape index (κ1) is 23.8. The van der Waals surface area contributed by atoms with Crippen molar-refractivity contribution in [3.8, 4) is 11.5 Å². The summed E-state index contributed by atoms with van der Waals surface area (Å²) in [7, 11) is 0. The summed E-state index contributed by atoms with van der Waals surface area (Å²) in [4.78, 5) is 24.1. The standard InChI is InChI=1S/C26H22O10/c27-15-9-5-13(6-10-15)26(18-4-2-1-3-17(18)24(33)36-26)14-7-11-16(12-8-14)34-25-21(30)19(28)20(29)22(35-25)23(31)32/h1-12,19-22,25,27-30H,(H,31,32)/t19-,20+,21-,22+,25-,26+/m1/s1. The fraction of sp³-hybridized carbons (Fsp3) is 0.231. The van der Waals surface area contributed by atoms with Gasteiger partial charge in [0.15, 0.2) is 11.7 Å². The summed E-state index contributed by atoms with van der Waals surface area (Å²) in [6, 6.07) is 19.5. The molecule has 6 atom stereocenters. The zero-order chi connectivity index (χ0) is 25.6. The lowest BCUT2D eigenvalue weighted by Gasteiger charge is -2.38. The fourth-order valence-corrected chi connectivity index (χ4v) is 4.56. The number of carboxylic acid groups (broad SMARTS) is 1. The highest BCUT2D eigenvalue weighted by Crippen LogP contribution is 2.47. The Labute approximate surface area is 204 Å². The van der Waals surface area contributed by atoms with E-state index in [1.54, 1.807) is 48.5 Å². The summed E-state index contributed by atoms with van der Waals surface area (Å²) in [5.41, 5.74) is 0.858. The van der Waals surface area contributed by atoms with Crippen molar-refractivity contribution >= 4 is 11.9 Å². The number of benzene rings is 3. The molecule has 3 aromatic rings. The fourth-order valence-electron chi connectivity index (χ4n) is 4.56. The molecule has 186 valence electrons. The summed E-state index contributed by atoms with van der Waals surface area (Å²) < 4.78 is 16.7. The number of aliphatic hydroxyl groups excluding tert-OH is 3. The molecule has 1 saturated heterocycles. The number of aromatic hydroxyl groups is 1. The SMILES string of the molecule is O=C1O[C@@](c2ccc(O)cc2)(c2ccc(O[C@@H]3O[C@H](C(=O)O)[C@@H](O)[C@@H](O)[C@H]3O)cc2)c2ccccc21. The first-order valence-corrected chi connectivity index (χ1v) is 11.0. The molecule has 0 aromatic heterocycles. The monoisotopic (exact) mass is 494 g/mol. The molecular weight excluding hydrogens is 472 g/mol. The van der Waals surface area contributed by atoms with Gasteiger partial charge < -0.3 is 39.7 Å². The third kappa shape index (κ3) is 3.76. The van der Waals surface area contributed by atoms with Crippen LogP contribution in [0, 0.1) is 0 Å². The summed E-state index contributed by atoms with van der Waals surface area (Å²) >= 11 is 0. The maximum Gasteiger partial charge on any atom is 0.340 e. The van der Waals surface area contributed by atoms with E-state index >= 15 is 0 Å². The Bertz CT molecular complexity index is 1290. The second-order valence-electron chi connectivity index (χ2n) is 8.54. The third-order valence-corrected chi connectivity index (χ3v) is 6.37. The summed E-state index contributed by atoms with van der Waals surface area (Å²) in [6.45, 7) is 0. The van der Waals surface area contributed by atoms with Crippen LogP contribution in [-0.4, -0.2) is 68.2 Å². The van der Waals surface area contributed by atoms with E-state index in [-0.39, 0.29) is 11.5 Å². The number of esters is 1. The molecule has 5 N–H and O–H groups in total. The van der Waals surface area contributed by atoms with E-state index in [1.807, 2.05) is 0 Å². The third-order valence-electron chi connectivity index (χ3n) is 6.37. The summed E-state index contributed by atoms with van der Waals surface area (Å²) in [5, 5.41) is 49.1. The minimum atomic E-state index is -1.83. The number of rotatable bonds is 5. The van der Waals surface area contributed by atoms with Crippen molar-refractivity contribution in [1.82, 2.24) is 0 Å². The van der Waals surface area contributed by atoms with E-state index in [2.05, 4.69) is 0 Å². The van der Waals surface area contributed by atoms with Gasteiger partial charge in [-0.1, -0.05) is 42.5 Å². The van der Waals surface area contributed by atoms with Crippen LogP contribution in [0.4, 0.5) is 0 Å². The molecule has 36 heavy (non-hydrogen) atoms. The molecule has 0 bridgehead atoms. The molecule has 10 heteroatoms. The first-order chi connectivity index (χ1) is 17.2. The van der Waals surface area contributed by atoms with Gasteiger partial charge in [-0.05, 0) is 30.3 Å². The lowest BCUT2D eigenvalue weighted by Crippen LogP contribution is -2.61. The highest BCUT2D eigenvalue weighted by Gasteiger charge is 2.49. The zero-order valence-electron chi connectivity index (χ0n) is 18.6. The van der Waals surface area contributed by atoms with Crippen LogP contribution < -0.4 is 4.74 Å². The Morgan fingerprint density at radius 2 is 1.44 bits per heavy atom. The molecule has 2 aliphatic heterocycles. The lowest BCUT2D eigenvalue weighted by molar-refractivity contribution is -0.271. The number of aliphatic carboxylic acids is 1. The first-order valence-electron chi connectivity index (χ1n) is 11.0. The van der Waals surface area contributed by atoms with E-state index in [0.29, 0.717) is 22.3 Å². The van der Waals surface area contributed by atoms with Crippen molar-refractivity contribution in [2.75, 3.05) is 0 Å². The highest BCUT2D eigenvalue weighted by molar-refractivity contribution is 5.96. The number of carboxylic acids is 1. The molecular formula is C26H22O10. The Morgan fingerprint density at radius 1 is 0.833 bits per heavy atom. The van der Waals surface area contributed by atoms with Crippen LogP contribution in [-0.2, 0) is 19.9 Å². The van der Waals surface area contributed by atoms with Crippen LogP contribution in [0.3, 0.4) is 0 Å².